The predicted octanol–water partition coefficient (Wildman–Crippen LogP) is 26.6. The van der Waals surface area contributed by atoms with E-state index < -0.39 is 11.6 Å². The number of benzene rings is 3. The molecule has 0 aliphatic rings. The summed E-state index contributed by atoms with van der Waals surface area (Å²) < 4.78 is 31.8. The summed E-state index contributed by atoms with van der Waals surface area (Å²) in [6.07, 6.45) is 14.7. The van der Waals surface area contributed by atoms with Crippen molar-refractivity contribution in [2.75, 3.05) is 0 Å². The van der Waals surface area contributed by atoms with Gasteiger partial charge in [0.05, 0.1) is 82.4 Å². The maximum atomic E-state index is 13.4. The van der Waals surface area contributed by atoms with Gasteiger partial charge < -0.3 is 0 Å². The second-order valence-electron chi connectivity index (χ2n) is 30.9. The van der Waals surface area contributed by atoms with E-state index in [1.807, 2.05) is 33.2 Å². The highest BCUT2D eigenvalue weighted by atomic mass is 32.1. The highest BCUT2D eigenvalue weighted by Gasteiger charge is 2.18. The van der Waals surface area contributed by atoms with Crippen LogP contribution in [0, 0.1) is 39.3 Å². The summed E-state index contributed by atoms with van der Waals surface area (Å²) in [4.78, 5) is 73.4. The average Bonchev–Trinajstić information content (AvgIpc) is 1.52. The maximum absolute atomic E-state index is 13.4. The van der Waals surface area contributed by atoms with Crippen molar-refractivity contribution in [2.45, 2.75) is 206 Å². The molecule has 15 aromatic heterocycles. The number of rotatable bonds is 9. The molecule has 18 aromatic rings. The fraction of sp³-hybridized carbons (Fsp3) is 0.352. The number of hydrogen-bond donors (Lipinski definition) is 0. The van der Waals surface area contributed by atoms with E-state index in [1.54, 1.807) is 117 Å². The number of hydrogen-bond acceptors (Lipinski definition) is 23. The summed E-state index contributed by atoms with van der Waals surface area (Å²) in [6, 6.07) is 26.1. The smallest absolute Gasteiger partial charge is 0.185 e. The largest absolute Gasteiger partial charge is 0.273 e. The Balaban J connectivity index is 0.000000139. The van der Waals surface area contributed by atoms with Crippen LogP contribution in [0.25, 0.3) is 94.0 Å². The topological polar surface area (TPSA) is 224 Å². The molecule has 0 saturated heterocycles. The van der Waals surface area contributed by atoms with Crippen molar-refractivity contribution < 1.29 is 8.78 Å². The van der Waals surface area contributed by atoms with E-state index in [2.05, 4.69) is 306 Å². The Morgan fingerprint density at radius 1 is 0.325 bits per heavy atom. The van der Waals surface area contributed by atoms with E-state index in [9.17, 15) is 8.78 Å². The average molecular weight is 1680 g/mol. The summed E-state index contributed by atoms with van der Waals surface area (Å²) in [5, 5.41) is 19.7. The minimum Gasteiger partial charge on any atom is -0.273 e. The first-order chi connectivity index (χ1) is 55.9. The highest BCUT2D eigenvalue weighted by Crippen LogP contribution is 2.35. The first-order valence-electron chi connectivity index (χ1n) is 39.3. The molecular weight excluding hydrogens is 1580 g/mol. The molecule has 0 aliphatic carbocycles. The minimum atomic E-state index is -0.906. The van der Waals surface area contributed by atoms with Gasteiger partial charge in [0, 0.05) is 38.3 Å². The standard InChI is InChI=1S/C13H14.C11H10F2N2.4C10H12N2S.C9H12N4.2C9H10N2S/c1-10(2)12-9-5-7-11-6-3-4-8-13(11)12;1-6(2)10-7-3-4-8(12)9(13)11(7)15-5-14-10;1-6(2)9-8-7(3)4-13-10(8)12-5-11-9;1-6(2)8-10-9(12-5-11-8)7(3)4-13-10;1-6(2)9-10-8(11-5-12-9)4-7(3)13-10;1-6(2)9-8-4-7(3)13-10(8)12-5-11-9;1-6(2)8-9-7(10-5-11-8)4-13(3)12-9;1-6(2)8-9-7(3-4-12-9)10-5-11-8;1-6(2)8-7-3-4-12-9(7)11-5-10-8/h3-10H,1-2H3;3-6H,1-2H3;5*4-6H,1-3H3;2*3-6H,1-2H3. The van der Waals surface area contributed by atoms with Crippen molar-refractivity contribution in [3.05, 3.63) is 241 Å². The summed E-state index contributed by atoms with van der Waals surface area (Å²) in [5.41, 5.74) is 17.9. The number of nitrogens with zero attached hydrogens (tertiary/aromatic N) is 18. The third-order valence-corrected chi connectivity index (χ3v) is 24.5. The Hall–Kier alpha value is -10.1. The zero-order chi connectivity index (χ0) is 84.5. The molecule has 0 spiro atoms. The van der Waals surface area contributed by atoms with Crippen molar-refractivity contribution in [1.29, 1.82) is 0 Å². The Labute approximate surface area is 708 Å². The molecular formula is C91H104F2N18S6. The van der Waals surface area contributed by atoms with Crippen molar-refractivity contribution in [1.82, 2.24) is 89.5 Å². The first-order valence-corrected chi connectivity index (χ1v) is 44.4. The molecule has 0 bridgehead atoms. The normalized spacial score (nSPS) is 11.3. The van der Waals surface area contributed by atoms with Crippen LogP contribution in [0.3, 0.4) is 0 Å². The SMILES string of the molecule is CC(C)c1cccc2ccccc12.CC(C)c1ncnc2c(F)c(F)ccc12.CC(C)c1ncnc2ccsc12.CC(C)c1ncnc2cn(C)nc12.CC(C)c1ncnc2sccc12.Cc1cc2c(C(C)C)ncnc2s1.Cc1cc2ncnc(C(C)C)c2s1.Cc1csc2c(C(C)C)ncnc12.Cc1csc2ncnc(C(C)C)c12. The van der Waals surface area contributed by atoms with Crippen molar-refractivity contribution in [2.24, 2.45) is 7.05 Å². The molecule has 0 N–H and O–H groups in total. The second-order valence-corrected chi connectivity index (χ2v) is 37.0. The number of halogens is 2. The highest BCUT2D eigenvalue weighted by molar-refractivity contribution is 7.19. The van der Waals surface area contributed by atoms with Crippen LogP contribution in [-0.4, -0.2) is 89.5 Å². The number of fused-ring (bicyclic) bond motifs is 9. The lowest BCUT2D eigenvalue weighted by atomic mass is 9.96. The van der Waals surface area contributed by atoms with E-state index >= 15 is 0 Å². The van der Waals surface area contributed by atoms with Crippen LogP contribution in [0.2, 0.25) is 0 Å². The second kappa shape index (κ2) is 41.3. The Morgan fingerprint density at radius 2 is 0.812 bits per heavy atom. The van der Waals surface area contributed by atoms with Gasteiger partial charge in [-0.2, -0.15) is 5.10 Å². The van der Waals surface area contributed by atoms with Crippen LogP contribution in [0.1, 0.15) is 250 Å². The lowest BCUT2D eigenvalue weighted by Crippen LogP contribution is -1.98. The van der Waals surface area contributed by atoms with Crippen LogP contribution in [0.5, 0.6) is 0 Å². The molecule has 0 amide bonds. The zero-order valence-electron chi connectivity index (χ0n) is 71.0. The predicted molar refractivity (Wildman–Crippen MR) is 490 cm³/mol. The van der Waals surface area contributed by atoms with Crippen LogP contribution in [0.4, 0.5) is 8.78 Å². The molecule has 0 aliphatic heterocycles. The molecule has 0 fully saturated rings. The number of aromatic nitrogens is 18. The molecule has 0 radical (unpaired) electrons. The van der Waals surface area contributed by atoms with Gasteiger partial charge in [-0.3, -0.25) is 4.68 Å². The van der Waals surface area contributed by atoms with Crippen LogP contribution in [-0.2, 0) is 7.05 Å². The van der Waals surface area contributed by atoms with Gasteiger partial charge in [0.2, 0.25) is 0 Å². The summed E-state index contributed by atoms with van der Waals surface area (Å²) in [7, 11) is 1.89. The van der Waals surface area contributed by atoms with Gasteiger partial charge in [-0.15, -0.1) is 68.0 Å². The van der Waals surface area contributed by atoms with Gasteiger partial charge in [-0.25, -0.2) is 88.5 Å². The monoisotopic (exact) mass is 1680 g/mol. The third-order valence-electron chi connectivity index (χ3n) is 18.6. The van der Waals surface area contributed by atoms with Gasteiger partial charge in [-0.05, 0) is 166 Å². The van der Waals surface area contributed by atoms with Crippen LogP contribution >= 0.6 is 68.0 Å². The Kier molecular flexibility index (Phi) is 31.5. The Bertz CT molecular complexity index is 5940. The van der Waals surface area contributed by atoms with Gasteiger partial charge >= 0.3 is 0 Å². The van der Waals surface area contributed by atoms with Gasteiger partial charge in [0.15, 0.2) is 11.6 Å². The van der Waals surface area contributed by atoms with Crippen LogP contribution < -0.4 is 0 Å². The lowest BCUT2D eigenvalue weighted by molar-refractivity contribution is 0.515. The lowest BCUT2D eigenvalue weighted by Gasteiger charge is -2.08. The van der Waals surface area contributed by atoms with Crippen molar-refractivity contribution >= 4 is 162 Å². The molecule has 117 heavy (non-hydrogen) atoms. The van der Waals surface area contributed by atoms with E-state index in [4.69, 9.17) is 0 Å². The Morgan fingerprint density at radius 3 is 1.44 bits per heavy atom. The fourth-order valence-electron chi connectivity index (χ4n) is 12.9. The maximum Gasteiger partial charge on any atom is 0.185 e. The van der Waals surface area contributed by atoms with Gasteiger partial charge in [0.1, 0.15) is 81.7 Å². The zero-order valence-corrected chi connectivity index (χ0v) is 75.9. The molecule has 15 heterocycles. The van der Waals surface area contributed by atoms with Gasteiger partial charge in [0.25, 0.3) is 0 Å². The fourth-order valence-corrected chi connectivity index (χ4v) is 18.6. The number of aryl methyl sites for hydroxylation is 5. The summed E-state index contributed by atoms with van der Waals surface area (Å²) in [6.45, 7) is 46.9. The molecule has 18 nitrogen and oxygen atoms in total. The summed E-state index contributed by atoms with van der Waals surface area (Å²) >= 11 is 10.3. The number of thiophene rings is 6. The molecule has 26 heteroatoms. The van der Waals surface area contributed by atoms with Crippen LogP contribution in [0.15, 0.2) is 157 Å². The molecule has 608 valence electrons. The summed E-state index contributed by atoms with van der Waals surface area (Å²) in [5.74, 6) is 2.21. The molecule has 0 unspecified atom stereocenters. The molecule has 0 saturated carbocycles. The van der Waals surface area contributed by atoms with Gasteiger partial charge in [-0.1, -0.05) is 167 Å². The van der Waals surface area contributed by atoms with E-state index in [0.717, 1.165) is 76.6 Å². The van der Waals surface area contributed by atoms with Crippen molar-refractivity contribution in [3.8, 4) is 0 Å². The first kappa shape index (κ1) is 89.3. The van der Waals surface area contributed by atoms with Crippen molar-refractivity contribution in [3.63, 3.8) is 0 Å². The molecule has 18 rings (SSSR count). The molecule has 3 aromatic carbocycles. The van der Waals surface area contributed by atoms with E-state index in [1.165, 1.54) is 97.0 Å². The molecule has 0 atom stereocenters. The van der Waals surface area contributed by atoms with E-state index in [-0.39, 0.29) is 11.4 Å². The quantitative estimate of drug-likeness (QED) is 0.131. The minimum absolute atomic E-state index is 0.0497. The third kappa shape index (κ3) is 22.4. The van der Waals surface area contributed by atoms with E-state index in [0.29, 0.717) is 52.7 Å².